The van der Waals surface area contributed by atoms with E-state index in [2.05, 4.69) is 6.07 Å². The van der Waals surface area contributed by atoms with Crippen LogP contribution < -0.4 is 0 Å². The normalized spacial score (nSPS) is 11.7. The topological polar surface area (TPSA) is 61.1 Å². The van der Waals surface area contributed by atoms with E-state index in [0.29, 0.717) is 5.02 Å². The van der Waals surface area contributed by atoms with E-state index in [0.717, 1.165) is 20.9 Å². The van der Waals surface area contributed by atoms with Crippen molar-refractivity contribution in [3.63, 3.8) is 0 Å². The van der Waals surface area contributed by atoms with Gasteiger partial charge in [0, 0.05) is 14.8 Å². The van der Waals surface area contributed by atoms with Crippen LogP contribution in [-0.2, 0) is 11.2 Å². The number of hydrogen-bond donors (Lipinski definition) is 1. The van der Waals surface area contributed by atoms with E-state index in [-0.39, 0.29) is 12.3 Å². The first kappa shape index (κ1) is 16.4. The summed E-state index contributed by atoms with van der Waals surface area (Å²) >= 11 is 7.48. The second-order valence-electron chi connectivity index (χ2n) is 4.84. The van der Waals surface area contributed by atoms with Gasteiger partial charge in [-0.25, -0.2) is 0 Å². The van der Waals surface area contributed by atoms with Crippen LogP contribution in [0.3, 0.4) is 0 Å². The van der Waals surface area contributed by atoms with Crippen LogP contribution in [-0.4, -0.2) is 11.1 Å². The Balaban J connectivity index is 2.25. The van der Waals surface area contributed by atoms with Gasteiger partial charge in [0.1, 0.15) is 0 Å². The Hall–Kier alpha value is -1.96. The molecule has 2 aromatic carbocycles. The number of benzene rings is 2. The third-order valence-corrected chi connectivity index (χ3v) is 4.52. The van der Waals surface area contributed by atoms with Crippen LogP contribution >= 0.6 is 23.4 Å². The van der Waals surface area contributed by atoms with E-state index in [4.69, 9.17) is 22.0 Å². The Morgan fingerprint density at radius 2 is 2.00 bits per heavy atom. The lowest BCUT2D eigenvalue weighted by Gasteiger charge is -2.09. The van der Waals surface area contributed by atoms with E-state index in [9.17, 15) is 4.79 Å². The molecule has 0 aliphatic carbocycles. The zero-order valence-corrected chi connectivity index (χ0v) is 13.5. The summed E-state index contributed by atoms with van der Waals surface area (Å²) in [5.41, 5.74) is 1.69. The maximum Gasteiger partial charge on any atom is 0.307 e. The van der Waals surface area contributed by atoms with Gasteiger partial charge in [-0.1, -0.05) is 41.6 Å². The highest BCUT2D eigenvalue weighted by molar-refractivity contribution is 7.99. The molecule has 112 valence electrons. The van der Waals surface area contributed by atoms with Gasteiger partial charge in [0.25, 0.3) is 0 Å². The molecule has 1 atom stereocenters. The fourth-order valence-electron chi connectivity index (χ4n) is 1.96. The highest BCUT2D eigenvalue weighted by Gasteiger charge is 2.10. The van der Waals surface area contributed by atoms with Crippen molar-refractivity contribution in [2.75, 3.05) is 0 Å². The molecule has 0 spiro atoms. The fraction of sp³-hybridized carbons (Fsp3) is 0.176. The Morgan fingerprint density at radius 1 is 1.32 bits per heavy atom. The van der Waals surface area contributed by atoms with Crippen LogP contribution in [0.25, 0.3) is 0 Å². The second-order valence-corrected chi connectivity index (χ2v) is 6.40. The predicted molar refractivity (Wildman–Crippen MR) is 87.4 cm³/mol. The quantitative estimate of drug-likeness (QED) is 0.859. The summed E-state index contributed by atoms with van der Waals surface area (Å²) in [5, 5.41) is 18.5. The van der Waals surface area contributed by atoms with Gasteiger partial charge in [-0.2, -0.15) is 5.26 Å². The van der Waals surface area contributed by atoms with Gasteiger partial charge >= 0.3 is 5.97 Å². The van der Waals surface area contributed by atoms with Crippen molar-refractivity contribution in [2.24, 2.45) is 0 Å². The van der Waals surface area contributed by atoms with Gasteiger partial charge in [-0.15, -0.1) is 0 Å². The van der Waals surface area contributed by atoms with E-state index < -0.39 is 5.97 Å². The van der Waals surface area contributed by atoms with Crippen molar-refractivity contribution >= 4 is 29.3 Å². The van der Waals surface area contributed by atoms with Gasteiger partial charge in [-0.3, -0.25) is 4.79 Å². The summed E-state index contributed by atoms with van der Waals surface area (Å²) in [4.78, 5) is 12.7. The van der Waals surface area contributed by atoms with Gasteiger partial charge in [0.05, 0.1) is 18.4 Å². The molecule has 1 N–H and O–H groups in total. The standard InChI is InChI=1S/C17H14ClNO2S/c1-11(10-19)12-3-6-15(7-4-12)22-16-9-14(18)5-2-13(16)8-17(20)21/h2-7,9,11H,8H2,1H3,(H,20,21). The summed E-state index contributed by atoms with van der Waals surface area (Å²) in [7, 11) is 0. The Bertz CT molecular complexity index is 722. The zero-order valence-electron chi connectivity index (χ0n) is 11.9. The van der Waals surface area contributed by atoms with Crippen LogP contribution in [0.4, 0.5) is 0 Å². The van der Waals surface area contributed by atoms with Crippen molar-refractivity contribution < 1.29 is 9.90 Å². The number of carboxylic acid groups (broad SMARTS) is 1. The molecule has 0 aliphatic heterocycles. The molecule has 0 aliphatic rings. The summed E-state index contributed by atoms with van der Waals surface area (Å²) in [5.74, 6) is -1.02. The maximum absolute atomic E-state index is 10.9. The molecule has 5 heteroatoms. The molecule has 2 rings (SSSR count). The summed E-state index contributed by atoms with van der Waals surface area (Å²) in [6.07, 6.45) is -0.0386. The number of halogens is 1. The summed E-state index contributed by atoms with van der Waals surface area (Å²) in [6.45, 7) is 1.85. The average Bonchev–Trinajstić information content (AvgIpc) is 2.49. The lowest BCUT2D eigenvalue weighted by atomic mass is 10.0. The minimum absolute atomic E-state index is 0.0386. The van der Waals surface area contributed by atoms with Crippen LogP contribution in [0, 0.1) is 11.3 Å². The zero-order chi connectivity index (χ0) is 16.1. The first-order chi connectivity index (χ1) is 10.5. The van der Waals surface area contributed by atoms with Crippen LogP contribution in [0.1, 0.15) is 24.0 Å². The number of rotatable bonds is 5. The molecule has 0 saturated carbocycles. The average molecular weight is 332 g/mol. The summed E-state index contributed by atoms with van der Waals surface area (Å²) in [6, 6.07) is 15.1. The molecule has 0 amide bonds. The number of carbonyl (C=O) groups is 1. The smallest absolute Gasteiger partial charge is 0.307 e. The van der Waals surface area contributed by atoms with Gasteiger partial charge in [0.2, 0.25) is 0 Å². The van der Waals surface area contributed by atoms with E-state index in [1.165, 1.54) is 11.8 Å². The molecule has 0 saturated heterocycles. The van der Waals surface area contributed by atoms with Crippen molar-refractivity contribution in [1.82, 2.24) is 0 Å². The third-order valence-electron chi connectivity index (χ3n) is 3.17. The third kappa shape index (κ3) is 4.27. The lowest BCUT2D eigenvalue weighted by Crippen LogP contribution is -2.01. The SMILES string of the molecule is CC(C#N)c1ccc(Sc2cc(Cl)ccc2CC(=O)O)cc1. The molecule has 0 fully saturated rings. The molecule has 1 unspecified atom stereocenters. The fourth-order valence-corrected chi connectivity index (χ4v) is 3.18. The molecule has 2 aromatic rings. The Kier molecular flexibility index (Phi) is 5.48. The van der Waals surface area contributed by atoms with Gasteiger partial charge in [-0.05, 0) is 42.3 Å². The molecule has 0 bridgehead atoms. The number of nitrogens with zero attached hydrogens (tertiary/aromatic N) is 1. The Labute approximate surface area is 138 Å². The van der Waals surface area contributed by atoms with Crippen LogP contribution in [0.15, 0.2) is 52.3 Å². The molecule has 0 radical (unpaired) electrons. The van der Waals surface area contributed by atoms with Crippen molar-refractivity contribution in [1.29, 1.82) is 5.26 Å². The highest BCUT2D eigenvalue weighted by Crippen LogP contribution is 2.33. The first-order valence-electron chi connectivity index (χ1n) is 6.67. The van der Waals surface area contributed by atoms with Crippen LogP contribution in [0.2, 0.25) is 5.02 Å². The van der Waals surface area contributed by atoms with E-state index in [1.54, 1.807) is 18.2 Å². The number of hydrogen-bond acceptors (Lipinski definition) is 3. The maximum atomic E-state index is 10.9. The number of carboxylic acids is 1. The van der Waals surface area contributed by atoms with Crippen LogP contribution in [0.5, 0.6) is 0 Å². The minimum atomic E-state index is -0.873. The monoisotopic (exact) mass is 331 g/mol. The molecule has 0 heterocycles. The van der Waals surface area contributed by atoms with E-state index in [1.807, 2.05) is 31.2 Å². The first-order valence-corrected chi connectivity index (χ1v) is 7.86. The van der Waals surface area contributed by atoms with Crippen molar-refractivity contribution in [2.45, 2.75) is 29.1 Å². The lowest BCUT2D eigenvalue weighted by molar-refractivity contribution is -0.136. The molecule has 3 nitrogen and oxygen atoms in total. The molecule has 0 aromatic heterocycles. The van der Waals surface area contributed by atoms with Crippen molar-refractivity contribution in [3.8, 4) is 6.07 Å². The second kappa shape index (κ2) is 7.35. The highest BCUT2D eigenvalue weighted by atomic mass is 35.5. The Morgan fingerprint density at radius 3 is 2.59 bits per heavy atom. The minimum Gasteiger partial charge on any atom is -0.481 e. The molecule has 22 heavy (non-hydrogen) atoms. The predicted octanol–water partition coefficient (Wildman–Crippen LogP) is 4.75. The molecular weight excluding hydrogens is 318 g/mol. The van der Waals surface area contributed by atoms with E-state index >= 15 is 0 Å². The molecular formula is C17H14ClNO2S. The van der Waals surface area contributed by atoms with Gasteiger partial charge < -0.3 is 5.11 Å². The van der Waals surface area contributed by atoms with Gasteiger partial charge in [0.15, 0.2) is 0 Å². The number of nitriles is 1. The largest absolute Gasteiger partial charge is 0.481 e. The van der Waals surface area contributed by atoms with Crippen molar-refractivity contribution in [3.05, 3.63) is 58.6 Å². The summed E-state index contributed by atoms with van der Waals surface area (Å²) < 4.78 is 0. The number of aliphatic carboxylic acids is 1.